The fourth-order valence-corrected chi connectivity index (χ4v) is 14.1. The van der Waals surface area contributed by atoms with Gasteiger partial charge in [0.05, 0.1) is 6.10 Å². The minimum atomic E-state index is 0.155. The van der Waals surface area contributed by atoms with E-state index in [1.54, 1.807) is 11.3 Å². The molecule has 3 aliphatic carbocycles. The van der Waals surface area contributed by atoms with Gasteiger partial charge in [0.25, 0.3) is 0 Å². The molecule has 0 saturated heterocycles. The second-order valence-corrected chi connectivity index (χ2v) is 35.1. The van der Waals surface area contributed by atoms with Crippen LogP contribution in [0.4, 0.5) is 0 Å². The first-order valence-corrected chi connectivity index (χ1v) is 43.7. The van der Waals surface area contributed by atoms with E-state index in [1.165, 1.54) is 138 Å². The summed E-state index contributed by atoms with van der Waals surface area (Å²) < 4.78 is 11.3. The van der Waals surface area contributed by atoms with Gasteiger partial charge in [0.15, 0.2) is 0 Å². The lowest BCUT2D eigenvalue weighted by molar-refractivity contribution is 0.232. The van der Waals surface area contributed by atoms with Gasteiger partial charge >= 0.3 is 0 Å². The van der Waals surface area contributed by atoms with Gasteiger partial charge in [-0.2, -0.15) is 0 Å². The predicted octanol–water partition coefficient (Wildman–Crippen LogP) is 29.3. The van der Waals surface area contributed by atoms with Gasteiger partial charge < -0.3 is 9.15 Å². The highest BCUT2D eigenvalue weighted by Gasteiger charge is 2.30. The standard InChI is InChI=1S/C17H21NO.C17H19N.2C15H17N.C14H16N2O.C14H16N2S.C14H16N2/c1-12(2)14-6-5-7-15(10-14)16-8-9-17(18-11-16)19-13(3)4;1-12(2)14-4-3-5-15(8-14)17-9-16(10-18-11-17)13-6-7-13;2*1-11(2)13-5-4-6-14(9-13)15-8-7-12(3)16-10-15;2*1-9(2)11-4-3-5-12(8-11)14-16-15-13(17-14)10-6-7-10;1-10(2)12-5-4-6-13(7-12)14-8-15-11(3)16-9-14/h5-13H,1-4H3;3-5,8-13H,6-7H2,1-2H3;2*4-11H,1-3H3;2*3-5,8-10H,6-7H2,1-2H3;4-10H,1-3H3. The van der Waals surface area contributed by atoms with Gasteiger partial charge in [-0.1, -0.05) is 272 Å². The zero-order valence-corrected chi connectivity index (χ0v) is 74.4. The highest BCUT2D eigenvalue weighted by Crippen LogP contribution is 2.44. The molecular weight excluding hydrogens is 1480 g/mol. The maximum absolute atomic E-state index is 5.71. The molecule has 0 radical (unpaired) electrons. The zero-order valence-electron chi connectivity index (χ0n) is 73.5. The molecular formula is C106H122N10O2S. The maximum atomic E-state index is 5.71. The van der Waals surface area contributed by atoms with Crippen molar-refractivity contribution in [3.05, 3.63) is 328 Å². The first-order valence-electron chi connectivity index (χ1n) is 42.9. The molecule has 12 nitrogen and oxygen atoms in total. The summed E-state index contributed by atoms with van der Waals surface area (Å²) >= 11 is 1.75. The molecule has 14 aromatic rings. The first-order chi connectivity index (χ1) is 57.3. The number of aryl methyl sites for hydroxylation is 3. The van der Waals surface area contributed by atoms with Crippen molar-refractivity contribution >= 4 is 11.3 Å². The molecule has 0 bridgehead atoms. The van der Waals surface area contributed by atoms with Crippen molar-refractivity contribution < 1.29 is 9.15 Å². The highest BCUT2D eigenvalue weighted by molar-refractivity contribution is 7.14. The van der Waals surface area contributed by atoms with E-state index < -0.39 is 0 Å². The maximum Gasteiger partial charge on any atom is 0.247 e. The van der Waals surface area contributed by atoms with Crippen molar-refractivity contribution in [2.75, 3.05) is 0 Å². The number of pyridine rings is 4. The summed E-state index contributed by atoms with van der Waals surface area (Å²) in [6.07, 6.45) is 21.3. The van der Waals surface area contributed by atoms with E-state index in [1.807, 2.05) is 96.2 Å². The van der Waals surface area contributed by atoms with Gasteiger partial charge in [0, 0.05) is 112 Å². The van der Waals surface area contributed by atoms with Crippen LogP contribution in [0.2, 0.25) is 0 Å². The molecule has 0 atom stereocenters. The fraction of sp³-hybridized carbons (Fsp3) is 0.340. The number of aromatic nitrogens is 10. The number of rotatable bonds is 19. The van der Waals surface area contributed by atoms with Gasteiger partial charge in [-0.15, -0.1) is 20.4 Å². The van der Waals surface area contributed by atoms with Crippen molar-refractivity contribution in [3.63, 3.8) is 0 Å². The molecule has 7 aromatic heterocycles. The second kappa shape index (κ2) is 42.9. The van der Waals surface area contributed by atoms with Crippen LogP contribution in [0.3, 0.4) is 0 Å². The lowest BCUT2D eigenvalue weighted by Gasteiger charge is -2.10. The van der Waals surface area contributed by atoms with E-state index in [9.17, 15) is 0 Å². The molecule has 7 aromatic carbocycles. The Morgan fingerprint density at radius 3 is 1.04 bits per heavy atom. The van der Waals surface area contributed by atoms with Gasteiger partial charge in [-0.25, -0.2) is 15.0 Å². The number of benzene rings is 7. The normalized spacial score (nSPS) is 12.8. The third kappa shape index (κ3) is 27.1. The molecule has 3 saturated carbocycles. The van der Waals surface area contributed by atoms with Crippen LogP contribution >= 0.6 is 11.3 Å². The van der Waals surface area contributed by atoms with Crippen molar-refractivity contribution in [2.45, 2.75) is 235 Å². The van der Waals surface area contributed by atoms with Crippen LogP contribution in [-0.2, 0) is 0 Å². The SMILES string of the molecule is CC(C)Oc1ccc(-c2cccc(C(C)C)c2)cn1.CC(C)c1cccc(-c2cncc(C3CC3)c2)c1.CC(C)c1cccc(-c2nnc(C3CC3)o2)c1.CC(C)c1cccc(-c2nnc(C3CC3)s2)c1.Cc1ccc(-c2cccc(C(C)C)c2)cn1.Cc1ccc(-c2cccc(C(C)C)c2)cn1.Cc1ncc(-c2cccc(C(C)C)c2)cn1. The Morgan fingerprint density at radius 1 is 0.303 bits per heavy atom. The van der Waals surface area contributed by atoms with Crippen LogP contribution in [-0.4, -0.2) is 56.4 Å². The molecule has 3 fully saturated rings. The molecule has 0 unspecified atom stereocenters. The summed E-state index contributed by atoms with van der Waals surface area (Å²) in [4.78, 5) is 25.8. The molecule has 0 spiro atoms. The van der Waals surface area contributed by atoms with Crippen molar-refractivity contribution in [1.29, 1.82) is 0 Å². The second-order valence-electron chi connectivity index (χ2n) is 34.1. The minimum absolute atomic E-state index is 0.155. The Hall–Kier alpha value is -11.3. The molecule has 17 rings (SSSR count). The van der Waals surface area contributed by atoms with Gasteiger partial charge in [-0.3, -0.25) is 15.0 Å². The third-order valence-electron chi connectivity index (χ3n) is 21.3. The number of hydrogen-bond donors (Lipinski definition) is 0. The summed E-state index contributed by atoms with van der Waals surface area (Å²) in [6.45, 7) is 40.9. The number of ether oxygens (including phenoxy) is 1. The summed E-state index contributed by atoms with van der Waals surface area (Å²) in [6, 6.07) is 75.0. The molecule has 0 aliphatic heterocycles. The smallest absolute Gasteiger partial charge is 0.247 e. The van der Waals surface area contributed by atoms with E-state index in [0.717, 1.165) is 50.7 Å². The van der Waals surface area contributed by atoms with Crippen molar-refractivity contribution in [3.8, 4) is 83.5 Å². The molecule has 7 heterocycles. The third-order valence-corrected chi connectivity index (χ3v) is 22.4. The number of nitrogens with zero attached hydrogens (tertiary/aromatic N) is 10. The van der Waals surface area contributed by atoms with Crippen LogP contribution < -0.4 is 4.74 Å². The fourth-order valence-electron chi connectivity index (χ4n) is 13.1. The van der Waals surface area contributed by atoms with Crippen LogP contribution in [0.5, 0.6) is 5.88 Å². The Bertz CT molecular complexity index is 5090. The molecule has 0 N–H and O–H groups in total. The monoisotopic (exact) mass is 1600 g/mol. The first kappa shape index (κ1) is 88.5. The Balaban J connectivity index is 0.000000136. The summed E-state index contributed by atoms with van der Waals surface area (Å²) in [5.74, 6) is 8.80. The molecule has 13 heteroatoms. The van der Waals surface area contributed by atoms with E-state index in [2.05, 4.69) is 341 Å². The van der Waals surface area contributed by atoms with Crippen LogP contribution in [0.15, 0.2) is 260 Å². The Morgan fingerprint density at radius 2 is 0.664 bits per heavy atom. The van der Waals surface area contributed by atoms with Gasteiger partial charge in [0.2, 0.25) is 17.7 Å². The molecule has 3 aliphatic rings. The summed E-state index contributed by atoms with van der Waals surface area (Å²) in [5, 5.41) is 19.1. The lowest BCUT2D eigenvalue weighted by atomic mass is 9.97. The molecule has 614 valence electrons. The van der Waals surface area contributed by atoms with Crippen LogP contribution in [0.1, 0.15) is 281 Å². The van der Waals surface area contributed by atoms with Crippen LogP contribution in [0.25, 0.3) is 77.7 Å². The Labute approximate surface area is 713 Å². The van der Waals surface area contributed by atoms with E-state index >= 15 is 0 Å². The largest absolute Gasteiger partial charge is 0.475 e. The molecule has 119 heavy (non-hydrogen) atoms. The highest BCUT2D eigenvalue weighted by atomic mass is 32.1. The predicted molar refractivity (Wildman–Crippen MR) is 496 cm³/mol. The van der Waals surface area contributed by atoms with Crippen molar-refractivity contribution in [1.82, 2.24) is 50.3 Å². The van der Waals surface area contributed by atoms with Crippen LogP contribution in [0, 0.1) is 20.8 Å². The topological polar surface area (TPSA) is 151 Å². The van der Waals surface area contributed by atoms with E-state index in [0.29, 0.717) is 65.0 Å². The average Bonchev–Trinajstić information content (AvgIpc) is 1.67. The summed E-state index contributed by atoms with van der Waals surface area (Å²) in [7, 11) is 0. The minimum Gasteiger partial charge on any atom is -0.475 e. The number of hydrogen-bond acceptors (Lipinski definition) is 13. The zero-order chi connectivity index (χ0) is 84.7. The van der Waals surface area contributed by atoms with Gasteiger partial charge in [-0.05, 0) is 235 Å². The lowest BCUT2D eigenvalue weighted by Crippen LogP contribution is -2.06. The molecule has 0 amide bonds. The average molecular weight is 1600 g/mol. The van der Waals surface area contributed by atoms with E-state index in [4.69, 9.17) is 9.15 Å². The summed E-state index contributed by atoms with van der Waals surface area (Å²) in [5.41, 5.74) is 27.3. The Kier molecular flexibility index (Phi) is 31.9. The van der Waals surface area contributed by atoms with Crippen molar-refractivity contribution in [2.24, 2.45) is 0 Å². The quantitative estimate of drug-likeness (QED) is 0.0758. The van der Waals surface area contributed by atoms with Gasteiger partial charge in [0.1, 0.15) is 15.8 Å². The van der Waals surface area contributed by atoms with E-state index in [-0.39, 0.29) is 6.10 Å².